The molecule has 0 saturated heterocycles. The van der Waals surface area contributed by atoms with E-state index in [4.69, 9.17) is 0 Å². The van der Waals surface area contributed by atoms with Gasteiger partial charge < -0.3 is 4.57 Å². The van der Waals surface area contributed by atoms with E-state index in [9.17, 15) is 0 Å². The van der Waals surface area contributed by atoms with Gasteiger partial charge in [0.15, 0.2) is 0 Å². The van der Waals surface area contributed by atoms with Crippen LogP contribution in [0.1, 0.15) is 0 Å². The van der Waals surface area contributed by atoms with E-state index in [0.717, 1.165) is 0 Å². The molecule has 0 fully saturated rings. The summed E-state index contributed by atoms with van der Waals surface area (Å²) in [4.78, 5) is 4.31. The molecule has 9 aromatic rings. The van der Waals surface area contributed by atoms with E-state index in [0.29, 0.717) is 0 Å². The van der Waals surface area contributed by atoms with Crippen molar-refractivity contribution in [1.82, 2.24) is 9.55 Å². The van der Waals surface area contributed by atoms with Crippen molar-refractivity contribution in [2.75, 3.05) is 0 Å². The van der Waals surface area contributed by atoms with Crippen molar-refractivity contribution in [3.63, 3.8) is 0 Å². The minimum absolute atomic E-state index is 1.17. The van der Waals surface area contributed by atoms with Gasteiger partial charge in [-0.3, -0.25) is 4.98 Å². The lowest BCUT2D eigenvalue weighted by Crippen LogP contribution is -1.94. The smallest absolute Gasteiger partial charge is 0.0541 e. The maximum Gasteiger partial charge on any atom is 0.0541 e. The summed E-state index contributed by atoms with van der Waals surface area (Å²) in [5, 5.41) is 5.12. The first-order valence-electron chi connectivity index (χ1n) is 14.9. The van der Waals surface area contributed by atoms with Crippen LogP contribution in [-0.4, -0.2) is 9.55 Å². The van der Waals surface area contributed by atoms with E-state index >= 15 is 0 Å². The van der Waals surface area contributed by atoms with Crippen LogP contribution in [0.25, 0.3) is 81.0 Å². The second kappa shape index (κ2) is 10.0. The molecule has 206 valence electrons. The molecule has 0 unspecified atom stereocenters. The van der Waals surface area contributed by atoms with E-state index < -0.39 is 0 Å². The summed E-state index contributed by atoms with van der Waals surface area (Å²) < 4.78 is 4.90. The minimum atomic E-state index is 1.17. The van der Waals surface area contributed by atoms with Crippen LogP contribution in [-0.2, 0) is 0 Å². The van der Waals surface area contributed by atoms with Crippen molar-refractivity contribution in [2.24, 2.45) is 0 Å². The summed E-state index contributed by atoms with van der Waals surface area (Å²) in [6.07, 6.45) is 3.85. The van der Waals surface area contributed by atoms with E-state index in [2.05, 4.69) is 155 Å². The van der Waals surface area contributed by atoms with Gasteiger partial charge in [-0.1, -0.05) is 91.0 Å². The summed E-state index contributed by atoms with van der Waals surface area (Å²) >= 11 is 1.80. The molecule has 9 rings (SSSR count). The van der Waals surface area contributed by atoms with Crippen LogP contribution in [0.15, 0.2) is 158 Å². The van der Waals surface area contributed by atoms with Crippen LogP contribution in [0.3, 0.4) is 0 Å². The van der Waals surface area contributed by atoms with Gasteiger partial charge >= 0.3 is 0 Å². The van der Waals surface area contributed by atoms with Gasteiger partial charge in [-0.2, -0.15) is 0 Å². The topological polar surface area (TPSA) is 17.8 Å². The Morgan fingerprint density at radius 1 is 0.409 bits per heavy atom. The lowest BCUT2D eigenvalue weighted by atomic mass is 9.95. The van der Waals surface area contributed by atoms with Gasteiger partial charge in [0.25, 0.3) is 0 Å². The molecule has 0 radical (unpaired) electrons. The zero-order valence-corrected chi connectivity index (χ0v) is 24.6. The monoisotopic (exact) mass is 578 g/mol. The number of hydrogen-bond acceptors (Lipinski definition) is 2. The highest BCUT2D eigenvalue weighted by Gasteiger charge is 2.13. The van der Waals surface area contributed by atoms with Gasteiger partial charge in [0, 0.05) is 44.3 Å². The maximum atomic E-state index is 4.31. The number of rotatable bonds is 4. The SMILES string of the molecule is c1cc(-c2cccc(-c3ccc4sc5cnccc5c4c3)c2)cc(-c2cccc(-n3c4ccccc4c4ccccc43)c2)c1. The number of benzene rings is 6. The van der Waals surface area contributed by atoms with Crippen LogP contribution in [0.4, 0.5) is 0 Å². The first-order chi connectivity index (χ1) is 21.8. The molecule has 0 spiro atoms. The predicted octanol–water partition coefficient (Wildman–Crippen LogP) is 11.5. The molecule has 44 heavy (non-hydrogen) atoms. The van der Waals surface area contributed by atoms with Crippen molar-refractivity contribution in [2.45, 2.75) is 0 Å². The number of hydrogen-bond donors (Lipinski definition) is 0. The fourth-order valence-electron chi connectivity index (χ4n) is 6.59. The molecular weight excluding hydrogens is 553 g/mol. The lowest BCUT2D eigenvalue weighted by Gasteiger charge is -2.12. The van der Waals surface area contributed by atoms with Crippen LogP contribution >= 0.6 is 11.3 Å². The third kappa shape index (κ3) is 4.05. The fraction of sp³-hybridized carbons (Fsp3) is 0. The molecule has 0 amide bonds. The molecule has 0 aliphatic carbocycles. The van der Waals surface area contributed by atoms with Crippen LogP contribution in [0.5, 0.6) is 0 Å². The van der Waals surface area contributed by atoms with Crippen molar-refractivity contribution in [3.05, 3.63) is 158 Å². The molecule has 0 N–H and O–H groups in total. The van der Waals surface area contributed by atoms with Gasteiger partial charge in [-0.05, 0) is 88.0 Å². The minimum Gasteiger partial charge on any atom is -0.309 e. The lowest BCUT2D eigenvalue weighted by molar-refractivity contribution is 1.18. The Kier molecular flexibility index (Phi) is 5.71. The highest BCUT2D eigenvalue weighted by Crippen LogP contribution is 2.37. The molecule has 2 nitrogen and oxygen atoms in total. The van der Waals surface area contributed by atoms with E-state index in [1.54, 1.807) is 11.3 Å². The molecule has 0 bridgehead atoms. The average Bonchev–Trinajstić information content (AvgIpc) is 3.64. The van der Waals surface area contributed by atoms with Gasteiger partial charge in [0.05, 0.1) is 15.7 Å². The molecule has 0 saturated carbocycles. The molecule has 0 aliphatic heterocycles. The van der Waals surface area contributed by atoms with Gasteiger partial charge in [-0.15, -0.1) is 11.3 Å². The quantitative estimate of drug-likeness (QED) is 0.203. The van der Waals surface area contributed by atoms with Crippen LogP contribution in [0.2, 0.25) is 0 Å². The fourth-order valence-corrected chi connectivity index (χ4v) is 7.65. The van der Waals surface area contributed by atoms with Gasteiger partial charge in [0.2, 0.25) is 0 Å². The van der Waals surface area contributed by atoms with E-state index in [1.807, 2.05) is 12.4 Å². The number of para-hydroxylation sites is 2. The summed E-state index contributed by atoms with van der Waals surface area (Å²) in [6.45, 7) is 0. The summed E-state index contributed by atoms with van der Waals surface area (Å²) in [5.74, 6) is 0. The Morgan fingerprint density at radius 2 is 0.977 bits per heavy atom. The molecular formula is C41H26N2S. The van der Waals surface area contributed by atoms with Crippen molar-refractivity contribution < 1.29 is 0 Å². The van der Waals surface area contributed by atoms with Gasteiger partial charge in [-0.25, -0.2) is 0 Å². The Morgan fingerprint density at radius 3 is 1.64 bits per heavy atom. The second-order valence-corrected chi connectivity index (χ2v) is 12.4. The van der Waals surface area contributed by atoms with Crippen molar-refractivity contribution >= 4 is 53.3 Å². The zero-order valence-electron chi connectivity index (χ0n) is 23.8. The Bertz CT molecular complexity index is 2460. The van der Waals surface area contributed by atoms with Gasteiger partial charge in [0.1, 0.15) is 0 Å². The standard InChI is InChI=1S/C41H26N2S/c1-3-16-38-34(14-1)35-15-2-4-17-39(35)43(38)33-13-7-12-31(24-33)29-10-5-8-27(22-29)28-9-6-11-30(23-28)32-18-19-40-37(25-32)36-20-21-42-26-41(36)44-40/h1-26H. The van der Waals surface area contributed by atoms with Crippen LogP contribution in [0, 0.1) is 0 Å². The molecule has 3 aromatic heterocycles. The highest BCUT2D eigenvalue weighted by atomic mass is 32.1. The Labute approximate surface area is 259 Å². The number of thiophene rings is 1. The highest BCUT2D eigenvalue weighted by molar-refractivity contribution is 7.25. The van der Waals surface area contributed by atoms with Crippen molar-refractivity contribution in [3.8, 4) is 39.1 Å². The number of aromatic nitrogens is 2. The third-order valence-corrected chi connectivity index (χ3v) is 9.80. The number of pyridine rings is 1. The normalized spacial score (nSPS) is 11.6. The summed E-state index contributed by atoms with van der Waals surface area (Å²) in [7, 11) is 0. The van der Waals surface area contributed by atoms with E-state index in [1.165, 1.54) is 81.0 Å². The molecule has 3 heteroatoms. The Balaban J connectivity index is 1.11. The van der Waals surface area contributed by atoms with Crippen LogP contribution < -0.4 is 0 Å². The van der Waals surface area contributed by atoms with E-state index in [-0.39, 0.29) is 0 Å². The molecule has 0 atom stereocenters. The number of nitrogens with zero attached hydrogens (tertiary/aromatic N) is 2. The molecule has 3 heterocycles. The van der Waals surface area contributed by atoms with Crippen molar-refractivity contribution in [1.29, 1.82) is 0 Å². The molecule has 0 aliphatic rings. The summed E-state index contributed by atoms with van der Waals surface area (Å²) in [6, 6.07) is 53.0. The second-order valence-electron chi connectivity index (χ2n) is 11.3. The average molecular weight is 579 g/mol. The zero-order chi connectivity index (χ0) is 29.0. The molecule has 6 aromatic carbocycles. The Hall–Kier alpha value is -5.51. The first kappa shape index (κ1) is 25.0. The maximum absolute atomic E-state index is 4.31. The third-order valence-electron chi connectivity index (χ3n) is 8.68. The predicted molar refractivity (Wildman–Crippen MR) is 188 cm³/mol. The largest absolute Gasteiger partial charge is 0.309 e. The first-order valence-corrected chi connectivity index (χ1v) is 15.7. The summed E-state index contributed by atoms with van der Waals surface area (Å²) in [5.41, 5.74) is 10.9. The number of fused-ring (bicyclic) bond motifs is 6.